The van der Waals surface area contributed by atoms with Gasteiger partial charge in [-0.05, 0) is 77.2 Å². The minimum absolute atomic E-state index is 1.07. The molecule has 0 saturated heterocycles. The van der Waals surface area contributed by atoms with Gasteiger partial charge in [0.05, 0.1) is 22.1 Å². The number of rotatable bonds is 3. The molecule has 0 fully saturated rings. The third kappa shape index (κ3) is 3.28. The summed E-state index contributed by atoms with van der Waals surface area (Å²) in [5, 5.41) is 7.31. The first-order valence-corrected chi connectivity index (χ1v) is 14.3. The summed E-state index contributed by atoms with van der Waals surface area (Å²) in [6, 6.07) is 58.7. The Labute approximate surface area is 243 Å². The highest BCUT2D eigenvalue weighted by Gasteiger charge is 2.20. The van der Waals surface area contributed by atoms with E-state index in [1.54, 1.807) is 0 Å². The van der Waals surface area contributed by atoms with Crippen molar-refractivity contribution in [3.05, 3.63) is 158 Å². The van der Waals surface area contributed by atoms with Gasteiger partial charge in [-0.25, -0.2) is 0 Å². The summed E-state index contributed by atoms with van der Waals surface area (Å²) in [6.45, 7) is 0. The smallest absolute Gasteiger partial charge is 0.0548 e. The van der Waals surface area contributed by atoms with E-state index in [2.05, 4.69) is 161 Å². The van der Waals surface area contributed by atoms with Gasteiger partial charge >= 0.3 is 0 Å². The van der Waals surface area contributed by atoms with Gasteiger partial charge < -0.3 is 9.13 Å². The topological polar surface area (TPSA) is 9.86 Å². The molecule has 7 aromatic carbocycles. The van der Waals surface area contributed by atoms with Crippen LogP contribution in [0, 0.1) is 12.1 Å². The highest BCUT2D eigenvalue weighted by molar-refractivity contribution is 6.28. The van der Waals surface area contributed by atoms with Crippen molar-refractivity contribution >= 4 is 54.4 Å². The molecule has 2 nitrogen and oxygen atoms in total. The van der Waals surface area contributed by atoms with E-state index in [4.69, 9.17) is 0 Å². The van der Waals surface area contributed by atoms with E-state index in [9.17, 15) is 0 Å². The van der Waals surface area contributed by atoms with E-state index in [-0.39, 0.29) is 0 Å². The second kappa shape index (κ2) is 8.86. The van der Waals surface area contributed by atoms with E-state index in [1.807, 2.05) is 6.07 Å². The molecule has 2 heterocycles. The Bertz CT molecular complexity index is 2440. The molecule has 0 unspecified atom stereocenters. The number of para-hydroxylation sites is 2. The number of aromatic nitrogens is 2. The molecule has 0 atom stereocenters. The fraction of sp³-hybridized carbons (Fsp3) is 0. The van der Waals surface area contributed by atoms with Crippen LogP contribution >= 0.6 is 0 Å². The van der Waals surface area contributed by atoms with E-state index in [0.717, 1.165) is 16.8 Å². The van der Waals surface area contributed by atoms with Crippen molar-refractivity contribution in [1.82, 2.24) is 9.13 Å². The molecule has 0 N–H and O–H groups in total. The number of hydrogen-bond acceptors (Lipinski definition) is 0. The van der Waals surface area contributed by atoms with Gasteiger partial charge in [0.15, 0.2) is 0 Å². The molecule has 0 spiro atoms. The van der Waals surface area contributed by atoms with Gasteiger partial charge in [0.25, 0.3) is 0 Å². The zero-order chi connectivity index (χ0) is 27.6. The zero-order valence-electron chi connectivity index (χ0n) is 22.8. The predicted octanol–water partition coefficient (Wildman–Crippen LogP) is 10.3. The Morgan fingerprint density at radius 1 is 0.429 bits per heavy atom. The average Bonchev–Trinajstić information content (AvgIpc) is 3.58. The molecule has 0 aliphatic rings. The first-order valence-electron chi connectivity index (χ1n) is 14.3. The molecule has 0 bridgehead atoms. The molecule has 0 saturated carbocycles. The summed E-state index contributed by atoms with van der Waals surface area (Å²) in [5.41, 5.74) is 9.55. The molecule has 194 valence electrons. The van der Waals surface area contributed by atoms with E-state index in [0.29, 0.717) is 0 Å². The third-order valence-electron chi connectivity index (χ3n) is 8.55. The highest BCUT2D eigenvalue weighted by Crippen LogP contribution is 2.42. The van der Waals surface area contributed by atoms with Gasteiger partial charge in [0.2, 0.25) is 0 Å². The van der Waals surface area contributed by atoms with Crippen LogP contribution in [0.3, 0.4) is 0 Å². The largest absolute Gasteiger partial charge is 0.309 e. The van der Waals surface area contributed by atoms with Crippen LogP contribution in [-0.4, -0.2) is 9.13 Å². The molecule has 0 radical (unpaired) electrons. The molecular weight excluding hydrogens is 508 g/mol. The molecule has 0 aliphatic carbocycles. The van der Waals surface area contributed by atoms with Crippen LogP contribution < -0.4 is 0 Å². The maximum atomic E-state index is 3.30. The summed E-state index contributed by atoms with van der Waals surface area (Å²) in [4.78, 5) is 0. The minimum atomic E-state index is 1.07. The number of nitrogens with zero attached hydrogens (tertiary/aromatic N) is 2. The summed E-state index contributed by atoms with van der Waals surface area (Å²) in [5.74, 6) is 0. The summed E-state index contributed by atoms with van der Waals surface area (Å²) < 4.78 is 4.80. The standard InChI is InChI=1S/C40H24N2/c1-2-10-27(11-3-1)29-18-21-31(22-19-29)41-35-16-8-6-14-33(35)39-37(41)24-25-38-40(39)34-15-7-9-17-36(34)42(38)32-23-20-28-12-4-5-13-30(28)26-32/h1-4,6-12,14-26H. The second-order valence-electron chi connectivity index (χ2n) is 10.8. The van der Waals surface area contributed by atoms with Crippen molar-refractivity contribution in [1.29, 1.82) is 0 Å². The Morgan fingerprint density at radius 3 is 1.69 bits per heavy atom. The van der Waals surface area contributed by atoms with Gasteiger partial charge in [-0.2, -0.15) is 0 Å². The van der Waals surface area contributed by atoms with Crippen LogP contribution in [0.25, 0.3) is 76.9 Å². The monoisotopic (exact) mass is 532 g/mol. The van der Waals surface area contributed by atoms with Gasteiger partial charge in [-0.15, -0.1) is 0 Å². The zero-order valence-corrected chi connectivity index (χ0v) is 22.8. The minimum Gasteiger partial charge on any atom is -0.309 e. The highest BCUT2D eigenvalue weighted by atomic mass is 15.0. The lowest BCUT2D eigenvalue weighted by atomic mass is 10.1. The van der Waals surface area contributed by atoms with Crippen LogP contribution in [0.5, 0.6) is 0 Å². The Kier molecular flexibility index (Phi) is 4.85. The molecule has 0 amide bonds. The van der Waals surface area contributed by atoms with Gasteiger partial charge in [0.1, 0.15) is 0 Å². The first-order chi connectivity index (χ1) is 20.8. The Hall–Kier alpha value is -5.78. The van der Waals surface area contributed by atoms with Gasteiger partial charge in [0, 0.05) is 38.3 Å². The Morgan fingerprint density at radius 2 is 1.00 bits per heavy atom. The summed E-state index contributed by atoms with van der Waals surface area (Å²) in [7, 11) is 0. The van der Waals surface area contributed by atoms with Crippen LogP contribution in [0.1, 0.15) is 0 Å². The van der Waals surface area contributed by atoms with Crippen molar-refractivity contribution < 1.29 is 0 Å². The lowest BCUT2D eigenvalue weighted by Gasteiger charge is -2.10. The third-order valence-corrected chi connectivity index (χ3v) is 8.55. The number of fused-ring (bicyclic) bond motifs is 8. The van der Waals surface area contributed by atoms with Crippen LogP contribution in [0.4, 0.5) is 0 Å². The van der Waals surface area contributed by atoms with Crippen molar-refractivity contribution in [3.8, 4) is 22.5 Å². The quantitative estimate of drug-likeness (QED) is 0.214. The van der Waals surface area contributed by atoms with Crippen molar-refractivity contribution in [2.75, 3.05) is 0 Å². The van der Waals surface area contributed by atoms with Crippen molar-refractivity contribution in [2.24, 2.45) is 0 Å². The molecule has 9 aromatic rings. The normalized spacial score (nSPS) is 11.6. The number of benzene rings is 6. The van der Waals surface area contributed by atoms with E-state index < -0.39 is 0 Å². The Balaban J connectivity index is 1.35. The lowest BCUT2D eigenvalue weighted by molar-refractivity contribution is 1.17. The fourth-order valence-corrected chi connectivity index (χ4v) is 6.70. The van der Waals surface area contributed by atoms with Gasteiger partial charge in [-0.3, -0.25) is 0 Å². The van der Waals surface area contributed by atoms with Crippen LogP contribution in [0.2, 0.25) is 0 Å². The van der Waals surface area contributed by atoms with Crippen molar-refractivity contribution in [2.45, 2.75) is 0 Å². The molecule has 9 rings (SSSR count). The predicted molar refractivity (Wildman–Crippen MR) is 176 cm³/mol. The second-order valence-corrected chi connectivity index (χ2v) is 10.8. The van der Waals surface area contributed by atoms with Crippen molar-refractivity contribution in [3.63, 3.8) is 0 Å². The SMILES string of the molecule is c1ccc2ccc(-n3c4ccccc4c4c5c6ccccc6n(-c6ccc(-c7ccccc7)cc6)c5ccc43)cc2c#1. The van der Waals surface area contributed by atoms with Gasteiger partial charge in [-0.1, -0.05) is 97.1 Å². The number of hydrogen-bond donors (Lipinski definition) is 0. The average molecular weight is 533 g/mol. The lowest BCUT2D eigenvalue weighted by Crippen LogP contribution is -1.95. The molecule has 0 aliphatic heterocycles. The molecule has 2 heteroatoms. The summed E-state index contributed by atoms with van der Waals surface area (Å²) >= 11 is 0. The molecular formula is C40H24N2. The van der Waals surface area contributed by atoms with E-state index in [1.165, 1.54) is 60.1 Å². The maximum absolute atomic E-state index is 3.30. The van der Waals surface area contributed by atoms with Crippen LogP contribution in [0.15, 0.2) is 146 Å². The van der Waals surface area contributed by atoms with Crippen LogP contribution in [-0.2, 0) is 0 Å². The summed E-state index contributed by atoms with van der Waals surface area (Å²) in [6.07, 6.45) is 0. The molecule has 2 aromatic heterocycles. The first kappa shape index (κ1) is 23.0. The maximum Gasteiger partial charge on any atom is 0.0548 e. The van der Waals surface area contributed by atoms with E-state index >= 15 is 0 Å². The fourth-order valence-electron chi connectivity index (χ4n) is 6.70. The molecule has 42 heavy (non-hydrogen) atoms.